The molecule has 0 atom stereocenters. The highest BCUT2D eigenvalue weighted by Gasteiger charge is 1.79. The van der Waals surface area contributed by atoms with Crippen LogP contribution in [0.3, 0.4) is 0 Å². The molecule has 0 heterocycles. The van der Waals surface area contributed by atoms with Crippen LogP contribution in [0.25, 0.3) is 0 Å². The third-order valence-electron chi connectivity index (χ3n) is 1.26. The van der Waals surface area contributed by atoms with Gasteiger partial charge in [0.1, 0.15) is 0 Å². The van der Waals surface area contributed by atoms with Crippen LogP contribution in [0.2, 0.25) is 0 Å². The van der Waals surface area contributed by atoms with Gasteiger partial charge < -0.3 is 0 Å². The molecule has 0 amide bonds. The van der Waals surface area contributed by atoms with E-state index < -0.39 is 0 Å². The lowest BCUT2D eigenvalue weighted by atomic mass is 10.3. The minimum Gasteiger partial charge on any atom is -0.298 e. The molecular weight excluding hydrogens is 142 g/mol. The van der Waals surface area contributed by atoms with E-state index in [1.807, 2.05) is 6.21 Å². The molecule has 0 fully saturated rings. The first kappa shape index (κ1) is 10.0. The largest absolute Gasteiger partial charge is 0.298 e. The van der Waals surface area contributed by atoms with Gasteiger partial charge in [0.2, 0.25) is 0 Å². The van der Waals surface area contributed by atoms with Gasteiger partial charge in [0.25, 0.3) is 0 Å². The number of thiol groups is 1. The van der Waals surface area contributed by atoms with Crippen molar-refractivity contribution < 1.29 is 0 Å². The summed E-state index contributed by atoms with van der Waals surface area (Å²) in [7, 11) is 0. The number of unbranched alkanes of at least 4 members (excludes halogenated alkanes) is 2. The van der Waals surface area contributed by atoms with Crippen LogP contribution in [0.15, 0.2) is 4.99 Å². The van der Waals surface area contributed by atoms with Gasteiger partial charge in [-0.1, -0.05) is 13.3 Å². The van der Waals surface area contributed by atoms with Crippen LogP contribution in [0.4, 0.5) is 0 Å². The van der Waals surface area contributed by atoms with Crippen molar-refractivity contribution >= 4 is 18.8 Å². The zero-order valence-electron chi connectivity index (χ0n) is 6.71. The molecule has 0 unspecified atom stereocenters. The highest BCUT2D eigenvalue weighted by Crippen LogP contribution is 1.89. The van der Waals surface area contributed by atoms with Crippen LogP contribution in [0, 0.1) is 0 Å². The van der Waals surface area contributed by atoms with Crippen molar-refractivity contribution in [1.82, 2.24) is 0 Å². The van der Waals surface area contributed by atoms with Crippen molar-refractivity contribution in [3.05, 3.63) is 0 Å². The Kier molecular flexibility index (Phi) is 9.04. The van der Waals surface area contributed by atoms with Crippen molar-refractivity contribution in [2.24, 2.45) is 4.99 Å². The first-order valence-corrected chi connectivity index (χ1v) is 4.64. The lowest BCUT2D eigenvalue weighted by Gasteiger charge is -1.89. The predicted molar refractivity (Wildman–Crippen MR) is 51.4 cm³/mol. The van der Waals surface area contributed by atoms with Gasteiger partial charge >= 0.3 is 0 Å². The summed E-state index contributed by atoms with van der Waals surface area (Å²) in [5.74, 6) is 0.972. The molecule has 0 aliphatic rings. The lowest BCUT2D eigenvalue weighted by molar-refractivity contribution is 0.807. The molecule has 0 aliphatic carbocycles. The normalized spacial score (nSPS) is 11.0. The van der Waals surface area contributed by atoms with Crippen molar-refractivity contribution in [3.63, 3.8) is 0 Å². The standard InChI is InChI=1S/C8H17NS/c1-2-3-6-9-7-4-5-8-10/h7,10H,2-6,8H2,1H3. The molecule has 2 heteroatoms. The van der Waals surface area contributed by atoms with E-state index in [9.17, 15) is 0 Å². The summed E-state index contributed by atoms with van der Waals surface area (Å²) in [5, 5.41) is 0. The Hall–Kier alpha value is 0.0200. The number of rotatable bonds is 6. The molecule has 0 rings (SSSR count). The molecule has 1 nitrogen and oxygen atoms in total. The summed E-state index contributed by atoms with van der Waals surface area (Å²) in [6, 6.07) is 0. The second-order valence-corrected chi connectivity index (χ2v) is 2.76. The average Bonchev–Trinajstić information content (AvgIpc) is 1.97. The maximum absolute atomic E-state index is 4.24. The third kappa shape index (κ3) is 8.02. The van der Waals surface area contributed by atoms with Gasteiger partial charge in [-0.2, -0.15) is 12.6 Å². The van der Waals surface area contributed by atoms with E-state index in [4.69, 9.17) is 0 Å². The molecular formula is C8H17NS. The van der Waals surface area contributed by atoms with Gasteiger partial charge in [0, 0.05) is 6.54 Å². The summed E-state index contributed by atoms with van der Waals surface area (Å²) in [5.41, 5.74) is 0. The van der Waals surface area contributed by atoms with Crippen LogP contribution in [0.1, 0.15) is 32.6 Å². The number of hydrogen-bond acceptors (Lipinski definition) is 2. The quantitative estimate of drug-likeness (QED) is 0.347. The Morgan fingerprint density at radius 1 is 1.40 bits per heavy atom. The van der Waals surface area contributed by atoms with E-state index in [1.54, 1.807) is 0 Å². The highest BCUT2D eigenvalue weighted by atomic mass is 32.1. The van der Waals surface area contributed by atoms with Gasteiger partial charge in [0.15, 0.2) is 0 Å². The van der Waals surface area contributed by atoms with Crippen molar-refractivity contribution in [1.29, 1.82) is 0 Å². The molecule has 0 saturated heterocycles. The second-order valence-electron chi connectivity index (χ2n) is 2.31. The van der Waals surface area contributed by atoms with E-state index in [-0.39, 0.29) is 0 Å². The van der Waals surface area contributed by atoms with Crippen LogP contribution >= 0.6 is 12.6 Å². The Bertz CT molecular complexity index is 71.3. The summed E-state index contributed by atoms with van der Waals surface area (Å²) in [4.78, 5) is 4.24. The van der Waals surface area contributed by atoms with Gasteiger partial charge in [-0.25, -0.2) is 0 Å². The first-order chi connectivity index (χ1) is 4.91. The maximum atomic E-state index is 4.24. The molecule has 0 bridgehead atoms. The van der Waals surface area contributed by atoms with Crippen LogP contribution in [-0.2, 0) is 0 Å². The van der Waals surface area contributed by atoms with Gasteiger partial charge in [-0.3, -0.25) is 4.99 Å². The molecule has 0 aromatic rings. The number of aliphatic imine (C=N–C) groups is 1. The number of hydrogen-bond donors (Lipinski definition) is 1. The maximum Gasteiger partial charge on any atom is 0.0385 e. The van der Waals surface area contributed by atoms with Gasteiger partial charge in [-0.15, -0.1) is 0 Å². The Morgan fingerprint density at radius 3 is 2.80 bits per heavy atom. The first-order valence-electron chi connectivity index (χ1n) is 4.01. The van der Waals surface area contributed by atoms with Crippen molar-refractivity contribution in [3.8, 4) is 0 Å². The Balaban J connectivity index is 2.89. The van der Waals surface area contributed by atoms with E-state index in [0.29, 0.717) is 0 Å². The fourth-order valence-corrected chi connectivity index (χ4v) is 0.797. The zero-order valence-corrected chi connectivity index (χ0v) is 7.61. The Labute approximate surface area is 69.3 Å². The summed E-state index contributed by atoms with van der Waals surface area (Å²) in [6.45, 7) is 3.19. The molecule has 0 saturated carbocycles. The molecule has 0 aromatic carbocycles. The van der Waals surface area contributed by atoms with E-state index in [2.05, 4.69) is 24.5 Å². The predicted octanol–water partition coefficient (Wildman–Crippen LogP) is 2.57. The van der Waals surface area contributed by atoms with Gasteiger partial charge in [0.05, 0.1) is 0 Å². The smallest absolute Gasteiger partial charge is 0.0385 e. The Morgan fingerprint density at radius 2 is 2.20 bits per heavy atom. The fourth-order valence-electron chi connectivity index (χ4n) is 0.615. The van der Waals surface area contributed by atoms with Crippen LogP contribution in [0.5, 0.6) is 0 Å². The molecule has 10 heavy (non-hydrogen) atoms. The van der Waals surface area contributed by atoms with Gasteiger partial charge in [-0.05, 0) is 31.2 Å². The molecule has 0 aromatic heterocycles. The highest BCUT2D eigenvalue weighted by molar-refractivity contribution is 7.80. The SMILES string of the molecule is CCCCN=CCCCS. The van der Waals surface area contributed by atoms with E-state index in [0.717, 1.165) is 25.1 Å². The third-order valence-corrected chi connectivity index (χ3v) is 1.58. The summed E-state index contributed by atoms with van der Waals surface area (Å²) < 4.78 is 0. The minimum atomic E-state index is 0.972. The van der Waals surface area contributed by atoms with E-state index in [1.165, 1.54) is 12.8 Å². The molecule has 0 spiro atoms. The minimum absolute atomic E-state index is 0.972. The second kappa shape index (κ2) is 9.02. The zero-order chi connectivity index (χ0) is 7.66. The van der Waals surface area contributed by atoms with Crippen LogP contribution < -0.4 is 0 Å². The van der Waals surface area contributed by atoms with Crippen LogP contribution in [-0.4, -0.2) is 18.5 Å². The van der Waals surface area contributed by atoms with Crippen molar-refractivity contribution in [2.75, 3.05) is 12.3 Å². The molecule has 60 valence electrons. The number of nitrogens with zero attached hydrogens (tertiary/aromatic N) is 1. The molecule has 0 aliphatic heterocycles. The van der Waals surface area contributed by atoms with Crippen molar-refractivity contribution in [2.45, 2.75) is 32.6 Å². The molecule has 0 N–H and O–H groups in total. The van der Waals surface area contributed by atoms with E-state index >= 15 is 0 Å². The lowest BCUT2D eigenvalue weighted by Crippen LogP contribution is -1.82. The summed E-state index contributed by atoms with van der Waals surface area (Å²) in [6.07, 6.45) is 6.72. The molecule has 0 radical (unpaired) electrons. The topological polar surface area (TPSA) is 12.4 Å². The monoisotopic (exact) mass is 159 g/mol. The summed E-state index contributed by atoms with van der Waals surface area (Å²) >= 11 is 4.10. The fraction of sp³-hybridized carbons (Fsp3) is 0.875. The average molecular weight is 159 g/mol.